The van der Waals surface area contributed by atoms with Gasteiger partial charge in [0.15, 0.2) is 0 Å². The summed E-state index contributed by atoms with van der Waals surface area (Å²) >= 11 is 13.1. The predicted molar refractivity (Wildman–Crippen MR) is 94.5 cm³/mol. The molecule has 0 fully saturated rings. The lowest BCUT2D eigenvalue weighted by atomic mass is 10.1. The van der Waals surface area contributed by atoms with Crippen molar-refractivity contribution >= 4 is 63.0 Å². The molecule has 0 unspecified atom stereocenters. The van der Waals surface area contributed by atoms with Crippen LogP contribution in [0.3, 0.4) is 0 Å². The number of hydrogen-bond acceptors (Lipinski definition) is 2. The first-order valence-electron chi connectivity index (χ1n) is 5.63. The van der Waals surface area contributed by atoms with Crippen LogP contribution in [-0.4, -0.2) is 10.9 Å². The minimum Gasteiger partial charge on any atom is -0.389 e. The SMILES string of the molecule is NC(=S)c1ccc(Cl)cc1NC(=O)c1cccc(I)c1. The fourth-order valence-corrected chi connectivity index (χ4v) is 2.55. The van der Waals surface area contributed by atoms with E-state index in [1.807, 2.05) is 12.1 Å². The Morgan fingerprint density at radius 3 is 2.65 bits per heavy atom. The normalized spacial score (nSPS) is 10.1. The molecule has 2 aromatic carbocycles. The average molecular weight is 417 g/mol. The molecule has 0 spiro atoms. The van der Waals surface area contributed by atoms with Gasteiger partial charge in [0.2, 0.25) is 0 Å². The molecule has 3 nitrogen and oxygen atoms in total. The fraction of sp³-hybridized carbons (Fsp3) is 0. The Hall–Kier alpha value is -1.18. The number of nitrogens with one attached hydrogen (secondary N) is 1. The number of carbonyl (C=O) groups is 1. The van der Waals surface area contributed by atoms with Gasteiger partial charge in [-0.15, -0.1) is 0 Å². The quantitative estimate of drug-likeness (QED) is 0.591. The number of benzene rings is 2. The molecule has 0 heterocycles. The van der Waals surface area contributed by atoms with Crippen LogP contribution in [0.25, 0.3) is 0 Å². The largest absolute Gasteiger partial charge is 0.389 e. The predicted octanol–water partition coefficient (Wildman–Crippen LogP) is 3.83. The van der Waals surface area contributed by atoms with Crippen LogP contribution in [0, 0.1) is 3.57 Å². The second-order valence-corrected chi connectivity index (χ2v) is 6.14. The Morgan fingerprint density at radius 1 is 1.25 bits per heavy atom. The molecule has 0 aromatic heterocycles. The Kier molecular flexibility index (Phi) is 4.95. The summed E-state index contributed by atoms with van der Waals surface area (Å²) in [6.45, 7) is 0. The zero-order valence-electron chi connectivity index (χ0n) is 10.2. The lowest BCUT2D eigenvalue weighted by Gasteiger charge is -2.11. The monoisotopic (exact) mass is 416 g/mol. The van der Waals surface area contributed by atoms with E-state index in [0.717, 1.165) is 3.57 Å². The molecule has 0 radical (unpaired) electrons. The van der Waals surface area contributed by atoms with Gasteiger partial charge in [0.1, 0.15) is 4.99 Å². The number of halogens is 2. The van der Waals surface area contributed by atoms with Crippen molar-refractivity contribution < 1.29 is 4.79 Å². The molecule has 0 saturated heterocycles. The second kappa shape index (κ2) is 6.51. The summed E-state index contributed by atoms with van der Waals surface area (Å²) in [6, 6.07) is 12.3. The second-order valence-electron chi connectivity index (χ2n) is 4.02. The third-order valence-electron chi connectivity index (χ3n) is 2.58. The Bertz CT molecular complexity index is 691. The van der Waals surface area contributed by atoms with Gasteiger partial charge in [0.25, 0.3) is 5.91 Å². The van der Waals surface area contributed by atoms with E-state index in [1.165, 1.54) is 0 Å². The summed E-state index contributed by atoms with van der Waals surface area (Å²) in [5.41, 5.74) is 7.29. The van der Waals surface area contributed by atoms with Gasteiger partial charge in [-0.05, 0) is 59.0 Å². The van der Waals surface area contributed by atoms with E-state index in [1.54, 1.807) is 30.3 Å². The van der Waals surface area contributed by atoms with E-state index in [9.17, 15) is 4.79 Å². The zero-order chi connectivity index (χ0) is 14.7. The highest BCUT2D eigenvalue weighted by atomic mass is 127. The first-order valence-corrected chi connectivity index (χ1v) is 7.50. The van der Waals surface area contributed by atoms with E-state index in [4.69, 9.17) is 29.6 Å². The number of amides is 1. The first-order chi connectivity index (χ1) is 9.47. The van der Waals surface area contributed by atoms with Crippen LogP contribution >= 0.6 is 46.4 Å². The topological polar surface area (TPSA) is 55.1 Å². The van der Waals surface area contributed by atoms with Gasteiger partial charge in [-0.1, -0.05) is 29.9 Å². The van der Waals surface area contributed by atoms with Crippen LogP contribution in [0.2, 0.25) is 5.02 Å². The Labute approximate surface area is 140 Å². The summed E-state index contributed by atoms with van der Waals surface area (Å²) in [5.74, 6) is -0.233. The minimum absolute atomic E-state index is 0.208. The summed E-state index contributed by atoms with van der Waals surface area (Å²) in [5, 5.41) is 3.28. The molecule has 0 aliphatic carbocycles. The molecule has 102 valence electrons. The minimum atomic E-state index is -0.233. The van der Waals surface area contributed by atoms with Gasteiger partial charge in [0.05, 0.1) is 5.69 Å². The number of hydrogen-bond donors (Lipinski definition) is 2. The maximum absolute atomic E-state index is 12.2. The summed E-state index contributed by atoms with van der Waals surface area (Å²) in [4.78, 5) is 12.4. The number of anilines is 1. The molecule has 1 amide bonds. The smallest absolute Gasteiger partial charge is 0.255 e. The van der Waals surface area contributed by atoms with Crippen LogP contribution in [0.15, 0.2) is 42.5 Å². The highest BCUT2D eigenvalue weighted by Crippen LogP contribution is 2.22. The van der Waals surface area contributed by atoms with Gasteiger partial charge in [-0.3, -0.25) is 4.79 Å². The number of rotatable bonds is 3. The van der Waals surface area contributed by atoms with Crippen molar-refractivity contribution in [3.63, 3.8) is 0 Å². The fourth-order valence-electron chi connectivity index (χ4n) is 1.66. The molecular formula is C14H10ClIN2OS. The van der Waals surface area contributed by atoms with Gasteiger partial charge in [-0.25, -0.2) is 0 Å². The van der Waals surface area contributed by atoms with E-state index < -0.39 is 0 Å². The maximum Gasteiger partial charge on any atom is 0.255 e. The zero-order valence-corrected chi connectivity index (χ0v) is 13.9. The Balaban J connectivity index is 2.32. The van der Waals surface area contributed by atoms with E-state index >= 15 is 0 Å². The molecule has 0 atom stereocenters. The van der Waals surface area contributed by atoms with Gasteiger partial charge in [-0.2, -0.15) is 0 Å². The number of nitrogens with two attached hydrogens (primary N) is 1. The standard InChI is InChI=1S/C14H10ClIN2OS/c15-9-4-5-11(13(17)20)12(7-9)18-14(19)8-2-1-3-10(16)6-8/h1-7H,(H2,17,20)(H,18,19). The lowest BCUT2D eigenvalue weighted by molar-refractivity contribution is 0.102. The third kappa shape index (κ3) is 3.68. The van der Waals surface area contributed by atoms with Crippen molar-refractivity contribution in [2.45, 2.75) is 0 Å². The van der Waals surface area contributed by atoms with Gasteiger partial charge in [0, 0.05) is 19.7 Å². The molecular weight excluding hydrogens is 407 g/mol. The third-order valence-corrected chi connectivity index (χ3v) is 3.71. The van der Waals surface area contributed by atoms with Crippen molar-refractivity contribution in [3.05, 3.63) is 62.2 Å². The van der Waals surface area contributed by atoms with Crippen LogP contribution < -0.4 is 11.1 Å². The highest BCUT2D eigenvalue weighted by molar-refractivity contribution is 14.1. The van der Waals surface area contributed by atoms with Crippen LogP contribution in [0.4, 0.5) is 5.69 Å². The average Bonchev–Trinajstić information content (AvgIpc) is 2.38. The van der Waals surface area contributed by atoms with Crippen molar-refractivity contribution in [1.82, 2.24) is 0 Å². The van der Waals surface area contributed by atoms with Crippen molar-refractivity contribution in [3.8, 4) is 0 Å². The Morgan fingerprint density at radius 2 is 2.00 bits per heavy atom. The molecule has 0 aliphatic rings. The first kappa shape index (κ1) is 15.2. The molecule has 0 saturated carbocycles. The molecule has 2 aromatic rings. The highest BCUT2D eigenvalue weighted by Gasteiger charge is 2.11. The van der Waals surface area contributed by atoms with E-state index in [0.29, 0.717) is 21.8 Å². The lowest BCUT2D eigenvalue weighted by Crippen LogP contribution is -2.17. The summed E-state index contributed by atoms with van der Waals surface area (Å²) in [6.07, 6.45) is 0. The molecule has 0 bridgehead atoms. The molecule has 0 aliphatic heterocycles. The van der Waals surface area contributed by atoms with E-state index in [2.05, 4.69) is 27.9 Å². The maximum atomic E-state index is 12.2. The number of thiocarbonyl (C=S) groups is 1. The summed E-state index contributed by atoms with van der Waals surface area (Å²) < 4.78 is 0.982. The van der Waals surface area contributed by atoms with Gasteiger partial charge >= 0.3 is 0 Å². The van der Waals surface area contributed by atoms with E-state index in [-0.39, 0.29) is 10.9 Å². The molecule has 2 rings (SSSR count). The van der Waals surface area contributed by atoms with Crippen molar-refractivity contribution in [2.75, 3.05) is 5.32 Å². The van der Waals surface area contributed by atoms with Crippen molar-refractivity contribution in [1.29, 1.82) is 0 Å². The molecule has 6 heteroatoms. The van der Waals surface area contributed by atoms with Crippen LogP contribution in [-0.2, 0) is 0 Å². The van der Waals surface area contributed by atoms with Gasteiger partial charge < -0.3 is 11.1 Å². The molecule has 3 N–H and O–H groups in total. The van der Waals surface area contributed by atoms with Crippen LogP contribution in [0.1, 0.15) is 15.9 Å². The number of carbonyl (C=O) groups excluding carboxylic acids is 1. The van der Waals surface area contributed by atoms with Crippen molar-refractivity contribution in [2.24, 2.45) is 5.73 Å². The molecule has 20 heavy (non-hydrogen) atoms. The van der Waals surface area contributed by atoms with Crippen LogP contribution in [0.5, 0.6) is 0 Å². The summed E-state index contributed by atoms with van der Waals surface area (Å²) in [7, 11) is 0.